The summed E-state index contributed by atoms with van der Waals surface area (Å²) in [6.45, 7) is 23.3. The van der Waals surface area contributed by atoms with Crippen LogP contribution < -0.4 is 0 Å². The molecule has 10 heteroatoms. The van der Waals surface area contributed by atoms with Crippen molar-refractivity contribution >= 4 is 61.9 Å². The topological polar surface area (TPSA) is 58.4 Å². The van der Waals surface area contributed by atoms with Gasteiger partial charge in [-0.25, -0.2) is 9.97 Å². The Labute approximate surface area is 219 Å². The van der Waals surface area contributed by atoms with Gasteiger partial charge in [0.05, 0.1) is 18.1 Å². The van der Waals surface area contributed by atoms with Gasteiger partial charge in [-0.2, -0.15) is 0 Å². The van der Waals surface area contributed by atoms with Gasteiger partial charge in [-0.15, -0.1) is 0 Å². The Morgan fingerprint density at radius 2 is 1.70 bits per heavy atom. The summed E-state index contributed by atoms with van der Waals surface area (Å²) in [6, 6.07) is 0. The maximum atomic E-state index is 6.90. The van der Waals surface area contributed by atoms with Crippen molar-refractivity contribution in [2.24, 2.45) is 0 Å². The molecule has 0 N–H and O–H groups in total. The molecule has 0 aliphatic carbocycles. The molecule has 0 bridgehead atoms. The maximum absolute atomic E-state index is 6.90. The third-order valence-corrected chi connectivity index (χ3v) is 17.8. The van der Waals surface area contributed by atoms with E-state index in [0.29, 0.717) is 11.8 Å². The molecule has 0 saturated carbocycles. The van der Waals surface area contributed by atoms with Gasteiger partial charge in [-0.1, -0.05) is 53.1 Å². The summed E-state index contributed by atoms with van der Waals surface area (Å²) in [4.78, 5) is 8.67. The predicted octanol–water partition coefficient (Wildman–Crippen LogP) is 7.39. The molecule has 0 aromatic carbocycles. The molecule has 0 amide bonds. The molecule has 186 valence electrons. The third kappa shape index (κ3) is 5.69. The van der Waals surface area contributed by atoms with Crippen LogP contribution in [-0.2, 0) is 13.6 Å². The first-order valence-corrected chi connectivity index (χ1v) is 18.9. The van der Waals surface area contributed by atoms with E-state index in [-0.39, 0.29) is 28.5 Å². The molecule has 1 aliphatic heterocycles. The van der Waals surface area contributed by atoms with Crippen molar-refractivity contribution in [3.63, 3.8) is 0 Å². The highest BCUT2D eigenvalue weighted by molar-refractivity contribution is 14.1. The Balaban J connectivity index is 1.91. The first kappa shape index (κ1) is 27.5. The Hall–Kier alpha value is -0.0462. The quantitative estimate of drug-likeness (QED) is 0.191. The summed E-state index contributed by atoms with van der Waals surface area (Å²) < 4.78 is 23.2. The molecular formula is C23H39ClIN3O3Si2. The fourth-order valence-corrected chi connectivity index (χ4v) is 6.99. The van der Waals surface area contributed by atoms with E-state index in [9.17, 15) is 0 Å². The van der Waals surface area contributed by atoms with E-state index in [1.165, 1.54) is 6.33 Å². The lowest BCUT2D eigenvalue weighted by atomic mass is 10.2. The van der Waals surface area contributed by atoms with Crippen molar-refractivity contribution in [1.82, 2.24) is 14.5 Å². The van der Waals surface area contributed by atoms with Crippen LogP contribution in [0.25, 0.3) is 11.0 Å². The predicted molar refractivity (Wildman–Crippen MR) is 149 cm³/mol. The Morgan fingerprint density at radius 3 is 2.27 bits per heavy atom. The van der Waals surface area contributed by atoms with Gasteiger partial charge >= 0.3 is 0 Å². The van der Waals surface area contributed by atoms with Gasteiger partial charge < -0.3 is 18.2 Å². The minimum atomic E-state index is -1.99. The van der Waals surface area contributed by atoms with Crippen LogP contribution in [0.15, 0.2) is 12.5 Å². The fraction of sp³-hybridized carbons (Fsp3) is 0.739. The van der Waals surface area contributed by atoms with Crippen LogP contribution in [0, 0.1) is 3.57 Å². The monoisotopic (exact) mass is 623 g/mol. The van der Waals surface area contributed by atoms with E-state index in [1.807, 2.05) is 0 Å². The number of fused-ring (bicyclic) bond motifs is 1. The summed E-state index contributed by atoms with van der Waals surface area (Å²) in [5.74, 6) is 0. The normalized spacial score (nSPS) is 23.0. The average Bonchev–Trinajstić information content (AvgIpc) is 3.19. The van der Waals surface area contributed by atoms with Crippen LogP contribution in [0.1, 0.15) is 54.2 Å². The van der Waals surface area contributed by atoms with Gasteiger partial charge in [-0.3, -0.25) is 0 Å². The van der Waals surface area contributed by atoms with Crippen LogP contribution in [0.4, 0.5) is 0 Å². The van der Waals surface area contributed by atoms with Gasteiger partial charge in [0.2, 0.25) is 0 Å². The number of hydrogen-bond acceptors (Lipinski definition) is 5. The van der Waals surface area contributed by atoms with Crippen molar-refractivity contribution in [2.75, 3.05) is 6.61 Å². The highest BCUT2D eigenvalue weighted by Crippen LogP contribution is 2.43. The highest BCUT2D eigenvalue weighted by atomic mass is 127. The van der Waals surface area contributed by atoms with Crippen LogP contribution >= 0.6 is 34.2 Å². The second-order valence-corrected chi connectivity index (χ2v) is 23.2. The fourth-order valence-electron chi connectivity index (χ4n) is 3.43. The maximum Gasteiger partial charge on any atom is 0.192 e. The lowest BCUT2D eigenvalue weighted by molar-refractivity contribution is -0.0382. The minimum Gasteiger partial charge on any atom is -0.414 e. The molecule has 1 saturated heterocycles. The molecule has 1 fully saturated rings. The Kier molecular flexibility index (Phi) is 7.88. The van der Waals surface area contributed by atoms with Crippen molar-refractivity contribution in [3.05, 3.63) is 21.2 Å². The van der Waals surface area contributed by atoms with E-state index in [4.69, 9.17) is 25.2 Å². The summed E-state index contributed by atoms with van der Waals surface area (Å²) in [6.07, 6.45) is 3.95. The van der Waals surface area contributed by atoms with Crippen molar-refractivity contribution in [1.29, 1.82) is 0 Å². The highest BCUT2D eigenvalue weighted by Gasteiger charge is 2.46. The van der Waals surface area contributed by atoms with Gasteiger partial charge in [0.15, 0.2) is 16.6 Å². The van der Waals surface area contributed by atoms with Crippen LogP contribution in [0.2, 0.25) is 41.4 Å². The molecule has 2 aromatic heterocycles. The molecule has 1 aliphatic rings. The number of halogens is 2. The molecular weight excluding hydrogens is 585 g/mol. The largest absolute Gasteiger partial charge is 0.414 e. The zero-order chi connectivity index (χ0) is 25.0. The second-order valence-electron chi connectivity index (χ2n) is 12.1. The minimum absolute atomic E-state index is 0.0342. The third-order valence-electron chi connectivity index (χ3n) is 7.67. The molecule has 6 nitrogen and oxygen atoms in total. The molecule has 33 heavy (non-hydrogen) atoms. The number of aromatic nitrogens is 3. The van der Waals surface area contributed by atoms with Crippen molar-refractivity contribution in [3.8, 4) is 0 Å². The van der Waals surface area contributed by atoms with E-state index in [0.717, 1.165) is 21.0 Å². The van der Waals surface area contributed by atoms with Crippen molar-refractivity contribution in [2.45, 2.75) is 103 Å². The van der Waals surface area contributed by atoms with Crippen LogP contribution in [0.3, 0.4) is 0 Å². The van der Waals surface area contributed by atoms with Crippen LogP contribution in [0.5, 0.6) is 0 Å². The van der Waals surface area contributed by atoms with E-state index >= 15 is 0 Å². The molecule has 3 heterocycles. The van der Waals surface area contributed by atoms with Gasteiger partial charge in [0.1, 0.15) is 29.5 Å². The lowest BCUT2D eigenvalue weighted by Crippen LogP contribution is -2.48. The molecule has 0 radical (unpaired) electrons. The summed E-state index contributed by atoms with van der Waals surface area (Å²) in [5.41, 5.74) is 0.793. The van der Waals surface area contributed by atoms with Crippen molar-refractivity contribution < 1.29 is 13.6 Å². The Bertz CT molecular complexity index is 1000. The first-order valence-electron chi connectivity index (χ1n) is 11.6. The average molecular weight is 624 g/mol. The van der Waals surface area contributed by atoms with Gasteiger partial charge in [0.25, 0.3) is 0 Å². The number of ether oxygens (including phenoxy) is 1. The van der Waals surface area contributed by atoms with E-state index < -0.39 is 16.6 Å². The first-order chi connectivity index (χ1) is 14.9. The van der Waals surface area contributed by atoms with Gasteiger partial charge in [0, 0.05) is 16.2 Å². The number of nitrogens with zero attached hydrogens (tertiary/aromatic N) is 3. The zero-order valence-corrected chi connectivity index (χ0v) is 26.5. The molecule has 3 rings (SSSR count). The van der Waals surface area contributed by atoms with Crippen LogP contribution in [-0.4, -0.2) is 50.0 Å². The Morgan fingerprint density at radius 1 is 1.09 bits per heavy atom. The summed E-state index contributed by atoms with van der Waals surface area (Å²) >= 11 is 8.66. The summed E-state index contributed by atoms with van der Waals surface area (Å²) in [5, 5.41) is 1.59. The lowest BCUT2D eigenvalue weighted by Gasteiger charge is -2.40. The van der Waals surface area contributed by atoms with E-state index in [2.05, 4.69) is 111 Å². The second kappa shape index (κ2) is 9.44. The molecule has 1 unspecified atom stereocenters. The summed E-state index contributed by atoms with van der Waals surface area (Å²) in [7, 11) is -3.91. The standard InChI is InChI=1S/C23H39ClIN3O3Si2/c1-22(2,3)32(7,8)29-13-17-16(31-33(9,10)23(4,5)6)11-18(30-17)28-12-15(25)19-20(24)26-14-27-21(19)28/h12,14,16-18H,11,13H2,1-10H3/t16?,17-,18-/m1/s1. The number of hydrogen-bond donors (Lipinski definition) is 0. The SMILES string of the molecule is CC(C)(C)[Si](C)(C)OC[C@H]1O[C@@H](n2cc(I)c3c(Cl)ncnc32)CC1O[Si](C)(C)C(C)(C)C. The molecule has 3 atom stereocenters. The zero-order valence-electron chi connectivity index (χ0n) is 21.6. The smallest absolute Gasteiger partial charge is 0.192 e. The van der Waals surface area contributed by atoms with Gasteiger partial charge in [-0.05, 0) is 58.9 Å². The number of rotatable bonds is 6. The molecule has 0 spiro atoms. The molecule has 2 aromatic rings. The van der Waals surface area contributed by atoms with E-state index in [1.54, 1.807) is 0 Å².